The maximum Gasteiger partial charge on any atom is 0.240 e. The topological polar surface area (TPSA) is 55.4 Å². The van der Waals surface area contributed by atoms with E-state index in [9.17, 15) is 8.42 Å². The molecule has 2 aromatic rings. The Morgan fingerprint density at radius 3 is 2.05 bits per heavy atom. The van der Waals surface area contributed by atoms with Crippen LogP contribution < -0.4 is 9.46 Å². The van der Waals surface area contributed by atoms with E-state index in [-0.39, 0.29) is 11.4 Å². The third-order valence-corrected chi connectivity index (χ3v) is 4.68. The third-order valence-electron chi connectivity index (χ3n) is 3.27. The molecule has 21 heavy (non-hydrogen) atoms. The number of methoxy groups -OCH3 is 1. The Hall–Kier alpha value is -1.85. The van der Waals surface area contributed by atoms with Crippen LogP contribution in [0, 0.1) is 0 Å². The molecule has 0 saturated heterocycles. The Bertz CT molecular complexity index is 676. The number of ether oxygens (including phenoxy) is 1. The second-order valence-electron chi connectivity index (χ2n) is 4.67. The zero-order valence-corrected chi connectivity index (χ0v) is 13.0. The predicted molar refractivity (Wildman–Crippen MR) is 82.8 cm³/mol. The smallest absolute Gasteiger partial charge is 0.240 e. The molecule has 0 aliphatic carbocycles. The first-order valence-electron chi connectivity index (χ1n) is 6.76. The lowest BCUT2D eigenvalue weighted by Crippen LogP contribution is -2.23. The molecule has 2 rings (SSSR count). The van der Waals surface area contributed by atoms with Crippen molar-refractivity contribution in [2.24, 2.45) is 0 Å². The van der Waals surface area contributed by atoms with Crippen molar-refractivity contribution in [1.29, 1.82) is 0 Å². The molecule has 0 aliphatic rings. The van der Waals surface area contributed by atoms with Gasteiger partial charge in [0.25, 0.3) is 0 Å². The molecule has 2 aromatic carbocycles. The molecule has 0 bridgehead atoms. The van der Waals surface area contributed by atoms with Crippen LogP contribution in [0.25, 0.3) is 0 Å². The fraction of sp³-hybridized carbons (Fsp3) is 0.250. The van der Waals surface area contributed by atoms with Crippen LogP contribution in [0.4, 0.5) is 0 Å². The Kier molecular flexibility index (Phi) is 4.98. The highest BCUT2D eigenvalue weighted by Gasteiger charge is 2.13. The fourth-order valence-electron chi connectivity index (χ4n) is 1.91. The van der Waals surface area contributed by atoms with Crippen molar-refractivity contribution in [2.45, 2.75) is 24.8 Å². The molecule has 1 N–H and O–H groups in total. The average Bonchev–Trinajstić information content (AvgIpc) is 2.53. The van der Waals surface area contributed by atoms with Crippen LogP contribution >= 0.6 is 0 Å². The highest BCUT2D eigenvalue weighted by atomic mass is 32.2. The van der Waals surface area contributed by atoms with Gasteiger partial charge < -0.3 is 4.74 Å². The van der Waals surface area contributed by atoms with E-state index in [1.165, 1.54) is 17.7 Å². The van der Waals surface area contributed by atoms with Gasteiger partial charge in [-0.25, -0.2) is 13.1 Å². The number of hydrogen-bond donors (Lipinski definition) is 1. The minimum atomic E-state index is -3.50. The first kappa shape index (κ1) is 15.5. The van der Waals surface area contributed by atoms with E-state index >= 15 is 0 Å². The van der Waals surface area contributed by atoms with E-state index in [0.29, 0.717) is 5.75 Å². The van der Waals surface area contributed by atoms with Crippen LogP contribution in [0.5, 0.6) is 5.75 Å². The quantitative estimate of drug-likeness (QED) is 0.893. The molecule has 112 valence electrons. The molecule has 0 atom stereocenters. The maximum atomic E-state index is 12.2. The summed E-state index contributed by atoms with van der Waals surface area (Å²) in [5.74, 6) is 0.629. The number of rotatable bonds is 6. The fourth-order valence-corrected chi connectivity index (χ4v) is 2.93. The average molecular weight is 305 g/mol. The lowest BCUT2D eigenvalue weighted by molar-refractivity contribution is 0.414. The monoisotopic (exact) mass is 305 g/mol. The van der Waals surface area contributed by atoms with Crippen LogP contribution in [-0.2, 0) is 23.0 Å². The molecule has 0 radical (unpaired) electrons. The molecule has 0 amide bonds. The highest BCUT2D eigenvalue weighted by molar-refractivity contribution is 7.89. The lowest BCUT2D eigenvalue weighted by atomic mass is 10.1. The highest BCUT2D eigenvalue weighted by Crippen LogP contribution is 2.15. The van der Waals surface area contributed by atoms with Crippen molar-refractivity contribution in [3.05, 3.63) is 59.7 Å². The van der Waals surface area contributed by atoms with Crippen molar-refractivity contribution in [3.63, 3.8) is 0 Å². The summed E-state index contributed by atoms with van der Waals surface area (Å²) in [6, 6.07) is 14.2. The molecule has 0 saturated carbocycles. The molecule has 0 aromatic heterocycles. The molecule has 0 unspecified atom stereocenters. The van der Waals surface area contributed by atoms with E-state index in [0.717, 1.165) is 12.0 Å². The third kappa shape index (κ3) is 4.06. The van der Waals surface area contributed by atoms with Gasteiger partial charge in [-0.2, -0.15) is 0 Å². The van der Waals surface area contributed by atoms with E-state index in [1.54, 1.807) is 19.2 Å². The number of aryl methyl sites for hydroxylation is 1. The molecular formula is C16H19NO3S. The number of sulfonamides is 1. The van der Waals surface area contributed by atoms with Gasteiger partial charge in [0.1, 0.15) is 5.75 Å². The minimum absolute atomic E-state index is 0.230. The maximum absolute atomic E-state index is 12.2. The van der Waals surface area contributed by atoms with Gasteiger partial charge in [0.2, 0.25) is 10.0 Å². The van der Waals surface area contributed by atoms with Gasteiger partial charge in [-0.1, -0.05) is 31.2 Å². The van der Waals surface area contributed by atoms with E-state index in [1.807, 2.05) is 24.3 Å². The Balaban J connectivity index is 2.05. The summed E-state index contributed by atoms with van der Waals surface area (Å²) in [6.07, 6.45) is 0.970. The van der Waals surface area contributed by atoms with E-state index in [2.05, 4.69) is 11.6 Å². The molecular weight excluding hydrogens is 286 g/mol. The van der Waals surface area contributed by atoms with Gasteiger partial charge >= 0.3 is 0 Å². The van der Waals surface area contributed by atoms with Crippen molar-refractivity contribution >= 4 is 10.0 Å². The van der Waals surface area contributed by atoms with Crippen molar-refractivity contribution in [3.8, 4) is 5.75 Å². The molecule has 0 fully saturated rings. The van der Waals surface area contributed by atoms with Crippen LogP contribution in [0.1, 0.15) is 18.1 Å². The summed E-state index contributed by atoms with van der Waals surface area (Å²) < 4.78 is 32.0. The van der Waals surface area contributed by atoms with Crippen molar-refractivity contribution < 1.29 is 13.2 Å². The Morgan fingerprint density at radius 1 is 0.952 bits per heavy atom. The molecule has 5 heteroatoms. The molecule has 0 aliphatic heterocycles. The largest absolute Gasteiger partial charge is 0.497 e. The van der Waals surface area contributed by atoms with Crippen molar-refractivity contribution in [2.75, 3.05) is 7.11 Å². The van der Waals surface area contributed by atoms with E-state index < -0.39 is 10.0 Å². The summed E-state index contributed by atoms with van der Waals surface area (Å²) in [7, 11) is -1.96. The summed E-state index contributed by atoms with van der Waals surface area (Å²) in [5.41, 5.74) is 2.17. The molecule has 4 nitrogen and oxygen atoms in total. The summed E-state index contributed by atoms with van der Waals surface area (Å²) in [4.78, 5) is 0.230. The zero-order chi connectivity index (χ0) is 15.3. The first-order valence-corrected chi connectivity index (χ1v) is 8.25. The molecule has 0 heterocycles. The van der Waals surface area contributed by atoms with Crippen LogP contribution in [0.3, 0.4) is 0 Å². The second kappa shape index (κ2) is 6.74. The Morgan fingerprint density at radius 2 is 1.52 bits per heavy atom. The number of benzene rings is 2. The van der Waals surface area contributed by atoms with Crippen LogP contribution in [0.15, 0.2) is 53.4 Å². The zero-order valence-electron chi connectivity index (χ0n) is 12.2. The summed E-state index contributed by atoms with van der Waals surface area (Å²) in [5, 5.41) is 0. The second-order valence-corrected chi connectivity index (χ2v) is 6.44. The van der Waals surface area contributed by atoms with Crippen LogP contribution in [-0.4, -0.2) is 15.5 Å². The number of hydrogen-bond acceptors (Lipinski definition) is 3. The van der Waals surface area contributed by atoms with Crippen LogP contribution in [0.2, 0.25) is 0 Å². The number of nitrogens with one attached hydrogen (secondary N) is 1. The van der Waals surface area contributed by atoms with Gasteiger partial charge in [0, 0.05) is 6.54 Å². The lowest BCUT2D eigenvalue weighted by Gasteiger charge is -2.08. The van der Waals surface area contributed by atoms with Gasteiger partial charge in [-0.3, -0.25) is 0 Å². The normalized spacial score (nSPS) is 11.3. The van der Waals surface area contributed by atoms with Gasteiger partial charge in [0.05, 0.1) is 12.0 Å². The van der Waals surface area contributed by atoms with Gasteiger partial charge in [-0.15, -0.1) is 0 Å². The summed E-state index contributed by atoms with van der Waals surface area (Å²) >= 11 is 0. The Labute approximate surface area is 125 Å². The standard InChI is InChI=1S/C16H19NO3S/c1-3-13-4-6-14(7-5-13)12-17-21(18,19)16-10-8-15(20-2)9-11-16/h4-11,17H,3,12H2,1-2H3. The molecule has 0 spiro atoms. The van der Waals surface area contributed by atoms with Crippen molar-refractivity contribution in [1.82, 2.24) is 4.72 Å². The first-order chi connectivity index (χ1) is 10.0. The van der Waals surface area contributed by atoms with Gasteiger partial charge in [-0.05, 0) is 41.8 Å². The summed E-state index contributed by atoms with van der Waals surface area (Å²) in [6.45, 7) is 2.36. The predicted octanol–water partition coefficient (Wildman–Crippen LogP) is 2.74. The minimum Gasteiger partial charge on any atom is -0.497 e. The van der Waals surface area contributed by atoms with Gasteiger partial charge in [0.15, 0.2) is 0 Å². The SMILES string of the molecule is CCc1ccc(CNS(=O)(=O)c2ccc(OC)cc2)cc1. The van der Waals surface area contributed by atoms with E-state index in [4.69, 9.17) is 4.74 Å².